The molecule has 2 unspecified atom stereocenters. The lowest BCUT2D eigenvalue weighted by Crippen LogP contribution is -2.11. The molecule has 0 rings (SSSR count). The van der Waals surface area contributed by atoms with E-state index >= 15 is 0 Å². The molecule has 0 heterocycles. The van der Waals surface area contributed by atoms with Crippen LogP contribution in [0.15, 0.2) is 0 Å². The van der Waals surface area contributed by atoms with Crippen LogP contribution in [0.5, 0.6) is 0 Å². The fraction of sp³-hybridized carbons (Fsp3) is 0.963. The third-order valence-electron chi connectivity index (χ3n) is 6.26. The van der Waals surface area contributed by atoms with Crippen molar-refractivity contribution in [3.05, 3.63) is 6.42 Å². The molecule has 0 nitrogen and oxygen atoms in total. The van der Waals surface area contributed by atoms with E-state index in [1.54, 1.807) is 0 Å². The van der Waals surface area contributed by atoms with Gasteiger partial charge in [-0.2, -0.15) is 0 Å². The van der Waals surface area contributed by atoms with E-state index in [2.05, 4.69) is 34.1 Å². The summed E-state index contributed by atoms with van der Waals surface area (Å²) in [6.45, 7) is 9.33. The van der Waals surface area contributed by atoms with Crippen LogP contribution in [0.1, 0.15) is 156 Å². The van der Waals surface area contributed by atoms with Crippen molar-refractivity contribution in [1.82, 2.24) is 0 Å². The molecule has 0 aliphatic heterocycles. The second-order valence-electron chi connectivity index (χ2n) is 9.11. The van der Waals surface area contributed by atoms with E-state index in [0.717, 1.165) is 11.8 Å². The van der Waals surface area contributed by atoms with Crippen LogP contribution in [0, 0.1) is 18.3 Å². The summed E-state index contributed by atoms with van der Waals surface area (Å²) in [7, 11) is 0. The lowest BCUT2D eigenvalue weighted by atomic mass is 9.82. The lowest BCUT2D eigenvalue weighted by Gasteiger charge is -2.24. The van der Waals surface area contributed by atoms with Gasteiger partial charge in [-0.15, -0.1) is 0 Å². The molecule has 0 aliphatic rings. The van der Waals surface area contributed by atoms with Crippen LogP contribution in [0.25, 0.3) is 0 Å². The minimum absolute atomic E-state index is 0.903. The zero-order valence-electron chi connectivity index (χ0n) is 19.9. The zero-order chi connectivity index (χ0) is 20.0. The Hall–Kier alpha value is 0. The largest absolute Gasteiger partial charge is 0.0654 e. The molecule has 0 bridgehead atoms. The quantitative estimate of drug-likeness (QED) is 0.164. The van der Waals surface area contributed by atoms with Gasteiger partial charge in [0.15, 0.2) is 0 Å². The third-order valence-corrected chi connectivity index (χ3v) is 6.26. The van der Waals surface area contributed by atoms with Gasteiger partial charge in [-0.25, -0.2) is 0 Å². The molecule has 0 heteroatoms. The Kier molecular flexibility index (Phi) is 22.3. The Labute approximate surface area is 174 Å². The second-order valence-corrected chi connectivity index (χ2v) is 9.11. The molecule has 0 aromatic carbocycles. The first-order valence-corrected chi connectivity index (χ1v) is 13.1. The molecule has 0 amide bonds. The summed E-state index contributed by atoms with van der Waals surface area (Å²) in [5, 5.41) is 0. The van der Waals surface area contributed by atoms with Gasteiger partial charge in [0.2, 0.25) is 0 Å². The van der Waals surface area contributed by atoms with Crippen molar-refractivity contribution >= 4 is 0 Å². The Bertz CT molecular complexity index is 231. The van der Waals surface area contributed by atoms with Gasteiger partial charge in [0.1, 0.15) is 0 Å². The average Bonchev–Trinajstić information content (AvgIpc) is 2.67. The van der Waals surface area contributed by atoms with Crippen molar-refractivity contribution in [2.75, 3.05) is 0 Å². The molecular formula is C27H55. The molecule has 0 aromatic rings. The summed E-state index contributed by atoms with van der Waals surface area (Å²) in [5.41, 5.74) is 0. The molecular weight excluding hydrogens is 324 g/mol. The summed E-state index contributed by atoms with van der Waals surface area (Å²) in [6, 6.07) is 0. The minimum atomic E-state index is 0.903. The molecule has 0 aromatic heterocycles. The van der Waals surface area contributed by atoms with Crippen molar-refractivity contribution in [2.24, 2.45) is 11.8 Å². The Morgan fingerprint density at radius 1 is 0.370 bits per heavy atom. The van der Waals surface area contributed by atoms with Gasteiger partial charge in [0.25, 0.3) is 0 Å². The van der Waals surface area contributed by atoms with Gasteiger partial charge in [-0.05, 0) is 18.3 Å². The van der Waals surface area contributed by atoms with E-state index in [0.29, 0.717) is 0 Å². The molecule has 163 valence electrons. The molecule has 1 radical (unpaired) electrons. The molecule has 0 N–H and O–H groups in total. The van der Waals surface area contributed by atoms with E-state index in [1.165, 1.54) is 128 Å². The fourth-order valence-electron chi connectivity index (χ4n) is 4.39. The summed E-state index contributed by atoms with van der Waals surface area (Å²) >= 11 is 0. The Morgan fingerprint density at radius 3 is 0.963 bits per heavy atom. The summed E-state index contributed by atoms with van der Waals surface area (Å²) in [5.74, 6) is 1.81. The lowest BCUT2D eigenvalue weighted by molar-refractivity contribution is 0.367. The monoisotopic (exact) mass is 379 g/mol. The normalized spacial score (nSPS) is 13.8. The highest BCUT2D eigenvalue weighted by Gasteiger charge is 2.16. The first-order valence-electron chi connectivity index (χ1n) is 13.1. The maximum atomic E-state index is 2.85. The van der Waals surface area contributed by atoms with Crippen LogP contribution in [-0.4, -0.2) is 0 Å². The average molecular weight is 380 g/mol. The number of rotatable bonds is 22. The Morgan fingerprint density at radius 2 is 0.630 bits per heavy atom. The van der Waals surface area contributed by atoms with Crippen molar-refractivity contribution in [1.29, 1.82) is 0 Å². The summed E-state index contributed by atoms with van der Waals surface area (Å²) in [4.78, 5) is 0. The maximum Gasteiger partial charge on any atom is -0.0324 e. The molecule has 0 spiro atoms. The van der Waals surface area contributed by atoms with Crippen molar-refractivity contribution < 1.29 is 0 Å². The SMILES string of the molecule is CCCCCCCC([CH]C(CCCCC)CCCCCCC)CCCCC. The van der Waals surface area contributed by atoms with Gasteiger partial charge in [0, 0.05) is 0 Å². The molecule has 2 atom stereocenters. The van der Waals surface area contributed by atoms with Gasteiger partial charge >= 0.3 is 0 Å². The van der Waals surface area contributed by atoms with Crippen LogP contribution in [0.2, 0.25) is 0 Å². The topological polar surface area (TPSA) is 0 Å². The van der Waals surface area contributed by atoms with E-state index in [4.69, 9.17) is 0 Å². The predicted octanol–water partition coefficient (Wildman–Crippen LogP) is 10.3. The minimum Gasteiger partial charge on any atom is -0.0654 e. The van der Waals surface area contributed by atoms with Crippen LogP contribution < -0.4 is 0 Å². The van der Waals surface area contributed by atoms with Crippen LogP contribution >= 0.6 is 0 Å². The van der Waals surface area contributed by atoms with Crippen molar-refractivity contribution in [3.8, 4) is 0 Å². The molecule has 0 aliphatic carbocycles. The van der Waals surface area contributed by atoms with Crippen molar-refractivity contribution in [3.63, 3.8) is 0 Å². The fourth-order valence-corrected chi connectivity index (χ4v) is 4.39. The maximum absolute atomic E-state index is 2.85. The summed E-state index contributed by atoms with van der Waals surface area (Å²) < 4.78 is 0. The van der Waals surface area contributed by atoms with Crippen molar-refractivity contribution in [2.45, 2.75) is 156 Å². The first kappa shape index (κ1) is 27.0. The summed E-state index contributed by atoms with van der Waals surface area (Å²) in [6.07, 6.45) is 31.5. The highest BCUT2D eigenvalue weighted by molar-refractivity contribution is 4.84. The molecule has 0 fully saturated rings. The van der Waals surface area contributed by atoms with Gasteiger partial charge in [-0.3, -0.25) is 0 Å². The highest BCUT2D eigenvalue weighted by Crippen LogP contribution is 2.30. The van der Waals surface area contributed by atoms with Gasteiger partial charge < -0.3 is 0 Å². The van der Waals surface area contributed by atoms with E-state index in [9.17, 15) is 0 Å². The number of hydrogen-bond acceptors (Lipinski definition) is 0. The number of unbranched alkanes of at least 4 members (excludes halogenated alkanes) is 12. The van der Waals surface area contributed by atoms with Gasteiger partial charge in [0.05, 0.1) is 0 Å². The standard InChI is InChI=1S/C27H55/c1-5-9-13-15-19-23-26(21-17-11-7-3)25-27(22-18-12-8-4)24-20-16-14-10-6-2/h25-27H,5-24H2,1-4H3. The van der Waals surface area contributed by atoms with Crippen LogP contribution in [0.3, 0.4) is 0 Å². The smallest absolute Gasteiger partial charge is 0.0324 e. The third kappa shape index (κ3) is 19.1. The predicted molar refractivity (Wildman–Crippen MR) is 126 cm³/mol. The van der Waals surface area contributed by atoms with Crippen LogP contribution in [-0.2, 0) is 0 Å². The van der Waals surface area contributed by atoms with Crippen LogP contribution in [0.4, 0.5) is 0 Å². The second kappa shape index (κ2) is 22.3. The van der Waals surface area contributed by atoms with E-state index in [-0.39, 0.29) is 0 Å². The van der Waals surface area contributed by atoms with E-state index in [1.807, 2.05) is 0 Å². The van der Waals surface area contributed by atoms with Gasteiger partial charge in [-0.1, -0.05) is 156 Å². The first-order chi connectivity index (χ1) is 13.3. The molecule has 27 heavy (non-hydrogen) atoms. The van der Waals surface area contributed by atoms with E-state index < -0.39 is 0 Å². The molecule has 0 saturated heterocycles. The zero-order valence-corrected chi connectivity index (χ0v) is 19.9. The number of hydrogen-bond donors (Lipinski definition) is 0. The highest BCUT2D eigenvalue weighted by atomic mass is 14.2. The molecule has 0 saturated carbocycles. The Balaban J connectivity index is 4.37.